The third-order valence-corrected chi connectivity index (χ3v) is 3.44. The number of anilines is 1. The van der Waals surface area contributed by atoms with Crippen molar-refractivity contribution in [2.24, 2.45) is 0 Å². The fourth-order valence-corrected chi connectivity index (χ4v) is 2.21. The Labute approximate surface area is 137 Å². The van der Waals surface area contributed by atoms with Crippen LogP contribution in [0.4, 0.5) is 10.1 Å². The molecule has 7 heteroatoms. The van der Waals surface area contributed by atoms with Gasteiger partial charge in [-0.2, -0.15) is 5.10 Å². The van der Waals surface area contributed by atoms with Crippen molar-refractivity contribution < 1.29 is 13.9 Å². The van der Waals surface area contributed by atoms with Gasteiger partial charge in [0.25, 0.3) is 5.91 Å². The van der Waals surface area contributed by atoms with Gasteiger partial charge in [0.05, 0.1) is 13.7 Å². The summed E-state index contributed by atoms with van der Waals surface area (Å²) in [7, 11) is 1.37. The van der Waals surface area contributed by atoms with Gasteiger partial charge in [-0.1, -0.05) is 12.1 Å². The van der Waals surface area contributed by atoms with E-state index in [1.807, 2.05) is 12.1 Å². The summed E-state index contributed by atoms with van der Waals surface area (Å²) < 4.78 is 20.2. The lowest BCUT2D eigenvalue weighted by Gasteiger charge is -2.08. The highest BCUT2D eigenvalue weighted by atomic mass is 19.1. The number of nitrogens with one attached hydrogen (secondary N) is 1. The zero-order chi connectivity index (χ0) is 16.9. The average molecular weight is 326 g/mol. The highest BCUT2D eigenvalue weighted by Gasteiger charge is 2.10. The fraction of sp³-hybridized carbons (Fsp3) is 0.118. The summed E-state index contributed by atoms with van der Waals surface area (Å²) in [6, 6.07) is 11.4. The number of amides is 1. The van der Waals surface area contributed by atoms with Crippen LogP contribution in [0.1, 0.15) is 15.9 Å². The van der Waals surface area contributed by atoms with Crippen molar-refractivity contribution in [2.75, 3.05) is 12.4 Å². The smallest absolute Gasteiger partial charge is 0.255 e. The Balaban J connectivity index is 1.67. The molecular formula is C17H15FN4O2. The molecule has 3 aromatic rings. The van der Waals surface area contributed by atoms with Crippen LogP contribution in [0.25, 0.3) is 0 Å². The lowest BCUT2D eigenvalue weighted by atomic mass is 10.1. The lowest BCUT2D eigenvalue weighted by molar-refractivity contribution is 0.102. The predicted molar refractivity (Wildman–Crippen MR) is 86.5 cm³/mol. The van der Waals surface area contributed by atoms with Gasteiger partial charge in [-0.15, -0.1) is 0 Å². The monoisotopic (exact) mass is 326 g/mol. The van der Waals surface area contributed by atoms with E-state index in [2.05, 4.69) is 15.4 Å². The molecule has 0 aliphatic carbocycles. The summed E-state index contributed by atoms with van der Waals surface area (Å²) in [6.07, 6.45) is 3.11. The topological polar surface area (TPSA) is 69.0 Å². The number of benzene rings is 2. The summed E-state index contributed by atoms with van der Waals surface area (Å²) in [5.41, 5.74) is 1.87. The van der Waals surface area contributed by atoms with Crippen LogP contribution in [0.15, 0.2) is 55.1 Å². The third-order valence-electron chi connectivity index (χ3n) is 3.44. The molecule has 0 aliphatic rings. The van der Waals surface area contributed by atoms with E-state index < -0.39 is 5.82 Å². The average Bonchev–Trinajstić information content (AvgIpc) is 3.09. The van der Waals surface area contributed by atoms with Crippen LogP contribution in [0.5, 0.6) is 5.75 Å². The van der Waals surface area contributed by atoms with Crippen LogP contribution in [0.3, 0.4) is 0 Å². The van der Waals surface area contributed by atoms with Gasteiger partial charge in [-0.25, -0.2) is 14.1 Å². The molecule has 0 fully saturated rings. The highest BCUT2D eigenvalue weighted by Crippen LogP contribution is 2.19. The van der Waals surface area contributed by atoms with Crippen LogP contribution in [-0.2, 0) is 6.54 Å². The first-order valence-electron chi connectivity index (χ1n) is 7.22. The number of hydrogen-bond donors (Lipinski definition) is 1. The Morgan fingerprint density at radius 2 is 2.04 bits per heavy atom. The molecule has 0 atom stereocenters. The van der Waals surface area contributed by atoms with Gasteiger partial charge in [0.1, 0.15) is 12.7 Å². The number of aromatic nitrogens is 3. The zero-order valence-corrected chi connectivity index (χ0v) is 12.9. The maximum absolute atomic E-state index is 13.7. The molecule has 0 radical (unpaired) electrons. The normalized spacial score (nSPS) is 10.4. The summed E-state index contributed by atoms with van der Waals surface area (Å²) in [5.74, 6) is -0.863. The number of rotatable bonds is 5. The van der Waals surface area contributed by atoms with Gasteiger partial charge in [0.15, 0.2) is 11.6 Å². The zero-order valence-electron chi connectivity index (χ0n) is 12.9. The minimum atomic E-state index is -0.576. The van der Waals surface area contributed by atoms with E-state index >= 15 is 0 Å². The fourth-order valence-electron chi connectivity index (χ4n) is 2.21. The summed E-state index contributed by atoms with van der Waals surface area (Å²) in [6.45, 7) is 0.595. The van der Waals surface area contributed by atoms with Crippen molar-refractivity contribution >= 4 is 11.6 Å². The lowest BCUT2D eigenvalue weighted by Crippen LogP contribution is -2.12. The molecule has 0 saturated carbocycles. The molecule has 2 aromatic carbocycles. The quantitative estimate of drug-likeness (QED) is 0.783. The van der Waals surface area contributed by atoms with Crippen molar-refractivity contribution in [3.05, 3.63) is 72.1 Å². The molecule has 6 nitrogen and oxygen atoms in total. The number of nitrogens with zero attached hydrogens (tertiary/aromatic N) is 3. The number of hydrogen-bond acceptors (Lipinski definition) is 4. The summed E-state index contributed by atoms with van der Waals surface area (Å²) in [5, 5.41) is 6.76. The number of carbonyl (C=O) groups is 1. The van der Waals surface area contributed by atoms with E-state index in [4.69, 9.17) is 4.74 Å². The van der Waals surface area contributed by atoms with Gasteiger partial charge in [-0.3, -0.25) is 4.79 Å². The van der Waals surface area contributed by atoms with Gasteiger partial charge in [0, 0.05) is 11.3 Å². The number of methoxy groups -OCH3 is 1. The van der Waals surface area contributed by atoms with E-state index in [0.29, 0.717) is 12.2 Å². The molecule has 3 rings (SSSR count). The minimum Gasteiger partial charge on any atom is -0.494 e. The maximum Gasteiger partial charge on any atom is 0.255 e. The number of ether oxygens (including phenoxy) is 1. The highest BCUT2D eigenvalue weighted by molar-refractivity contribution is 6.04. The van der Waals surface area contributed by atoms with Gasteiger partial charge in [-0.05, 0) is 35.9 Å². The minimum absolute atomic E-state index is 0.101. The van der Waals surface area contributed by atoms with Crippen LogP contribution >= 0.6 is 0 Å². The van der Waals surface area contributed by atoms with Gasteiger partial charge in [0.2, 0.25) is 0 Å². The van der Waals surface area contributed by atoms with E-state index in [0.717, 1.165) is 11.6 Å². The molecule has 0 saturated heterocycles. The molecule has 1 heterocycles. The van der Waals surface area contributed by atoms with Crippen LogP contribution < -0.4 is 10.1 Å². The molecule has 1 aromatic heterocycles. The van der Waals surface area contributed by atoms with Gasteiger partial charge >= 0.3 is 0 Å². The first-order chi connectivity index (χ1) is 11.7. The van der Waals surface area contributed by atoms with Crippen molar-refractivity contribution in [2.45, 2.75) is 6.54 Å². The maximum atomic E-state index is 13.7. The Kier molecular flexibility index (Phi) is 4.51. The molecule has 24 heavy (non-hydrogen) atoms. The molecule has 0 spiro atoms. The number of halogens is 1. The van der Waals surface area contributed by atoms with E-state index in [9.17, 15) is 9.18 Å². The Bertz CT molecular complexity index is 832. The number of carbonyl (C=O) groups excluding carboxylic acids is 1. The molecule has 1 N–H and O–H groups in total. The van der Waals surface area contributed by atoms with Crippen molar-refractivity contribution in [3.8, 4) is 5.75 Å². The first kappa shape index (κ1) is 15.7. The second kappa shape index (κ2) is 6.91. The summed E-state index contributed by atoms with van der Waals surface area (Å²) in [4.78, 5) is 16.0. The standard InChI is InChI=1S/C17H15FN4O2/c1-24-16-7-4-13(8-15(16)18)17(23)21-14-5-2-12(3-6-14)9-22-11-19-10-20-22/h2-8,10-11H,9H2,1H3,(H,21,23). The molecular weight excluding hydrogens is 311 g/mol. The predicted octanol–water partition coefficient (Wildman–Crippen LogP) is 2.73. The van der Waals surface area contributed by atoms with Crippen molar-refractivity contribution in [1.29, 1.82) is 0 Å². The van der Waals surface area contributed by atoms with E-state index in [1.165, 1.54) is 25.6 Å². The molecule has 0 unspecified atom stereocenters. The Morgan fingerprint density at radius 3 is 2.67 bits per heavy atom. The Morgan fingerprint density at radius 1 is 1.25 bits per heavy atom. The van der Waals surface area contributed by atoms with Gasteiger partial charge < -0.3 is 10.1 Å². The SMILES string of the molecule is COc1ccc(C(=O)Nc2ccc(Cn3cncn3)cc2)cc1F. The third kappa shape index (κ3) is 3.57. The second-order valence-electron chi connectivity index (χ2n) is 5.09. The largest absolute Gasteiger partial charge is 0.494 e. The van der Waals surface area contributed by atoms with E-state index in [-0.39, 0.29) is 17.2 Å². The summed E-state index contributed by atoms with van der Waals surface area (Å²) >= 11 is 0. The van der Waals surface area contributed by atoms with Crippen molar-refractivity contribution in [3.63, 3.8) is 0 Å². The molecule has 122 valence electrons. The molecule has 0 bridgehead atoms. The van der Waals surface area contributed by atoms with E-state index in [1.54, 1.807) is 23.1 Å². The van der Waals surface area contributed by atoms with Crippen LogP contribution in [0.2, 0.25) is 0 Å². The first-order valence-corrected chi connectivity index (χ1v) is 7.22. The van der Waals surface area contributed by atoms with Crippen molar-refractivity contribution in [1.82, 2.24) is 14.8 Å². The van der Waals surface area contributed by atoms with Crippen LogP contribution in [0, 0.1) is 5.82 Å². The molecule has 1 amide bonds. The Hall–Kier alpha value is -3.22. The van der Waals surface area contributed by atoms with Crippen LogP contribution in [-0.4, -0.2) is 27.8 Å². The molecule has 0 aliphatic heterocycles. The second-order valence-corrected chi connectivity index (χ2v) is 5.09.